The van der Waals surface area contributed by atoms with E-state index >= 15 is 0 Å². The number of nitrogens with zero attached hydrogens (tertiary/aromatic N) is 2. The summed E-state index contributed by atoms with van der Waals surface area (Å²) in [6.45, 7) is 2.25. The molecule has 2 heterocycles. The third-order valence-electron chi connectivity index (χ3n) is 5.49. The van der Waals surface area contributed by atoms with Gasteiger partial charge >= 0.3 is 12.1 Å². The van der Waals surface area contributed by atoms with E-state index in [0.29, 0.717) is 28.1 Å². The van der Waals surface area contributed by atoms with Gasteiger partial charge in [-0.15, -0.1) is 11.8 Å². The SMILES string of the molecule is CCN1c2ccc(C(=O)O)cc2NC1(Nc1nc2ccc(C(F)(F)F)cc2s1)C(SC)C(N)=O. The molecule has 8 nitrogen and oxygen atoms in total. The predicted octanol–water partition coefficient (Wildman–Crippen LogP) is 4.25. The molecule has 2 aromatic carbocycles. The topological polar surface area (TPSA) is 121 Å². The van der Waals surface area contributed by atoms with E-state index in [1.807, 2.05) is 11.8 Å². The minimum absolute atomic E-state index is 0.0533. The van der Waals surface area contributed by atoms with E-state index in [1.165, 1.54) is 30.0 Å². The molecule has 4 rings (SSSR count). The summed E-state index contributed by atoms with van der Waals surface area (Å²) in [6, 6.07) is 7.82. The lowest BCUT2D eigenvalue weighted by atomic mass is 10.1. The van der Waals surface area contributed by atoms with Crippen molar-refractivity contribution in [2.45, 2.75) is 24.1 Å². The molecule has 2 atom stereocenters. The number of amides is 1. The van der Waals surface area contributed by atoms with E-state index < -0.39 is 34.7 Å². The average Bonchev–Trinajstić information content (AvgIpc) is 3.29. The highest BCUT2D eigenvalue weighted by atomic mass is 32.2. The van der Waals surface area contributed by atoms with Gasteiger partial charge in [-0.05, 0) is 49.6 Å². The maximum atomic E-state index is 13.1. The van der Waals surface area contributed by atoms with E-state index in [4.69, 9.17) is 5.73 Å². The van der Waals surface area contributed by atoms with Crippen LogP contribution < -0.4 is 21.3 Å². The summed E-state index contributed by atoms with van der Waals surface area (Å²) in [4.78, 5) is 30.2. The minimum Gasteiger partial charge on any atom is -0.478 e. The summed E-state index contributed by atoms with van der Waals surface area (Å²) >= 11 is 2.18. The number of hydrogen-bond donors (Lipinski definition) is 4. The fourth-order valence-electron chi connectivity index (χ4n) is 4.07. The van der Waals surface area contributed by atoms with E-state index in [9.17, 15) is 27.9 Å². The molecule has 1 aliphatic heterocycles. The first-order valence-corrected chi connectivity index (χ1v) is 12.1. The summed E-state index contributed by atoms with van der Waals surface area (Å²) in [5, 5.41) is 15.2. The van der Waals surface area contributed by atoms with Crippen LogP contribution in [0.2, 0.25) is 0 Å². The number of aromatic carboxylic acids is 1. The molecule has 0 saturated carbocycles. The van der Waals surface area contributed by atoms with Crippen molar-refractivity contribution in [1.82, 2.24) is 4.98 Å². The Kier molecular flexibility index (Phi) is 6.02. The normalized spacial score (nSPS) is 18.4. The summed E-state index contributed by atoms with van der Waals surface area (Å²) in [7, 11) is 0. The van der Waals surface area contributed by atoms with Gasteiger partial charge in [0.1, 0.15) is 5.25 Å². The minimum atomic E-state index is -4.49. The smallest absolute Gasteiger partial charge is 0.416 e. The van der Waals surface area contributed by atoms with Gasteiger partial charge in [0.05, 0.1) is 32.7 Å². The number of primary amides is 1. The first kappa shape index (κ1) is 24.0. The molecule has 2 unspecified atom stereocenters. The highest BCUT2D eigenvalue weighted by Gasteiger charge is 2.52. The number of carboxylic acid groups (broad SMARTS) is 1. The standard InChI is InChI=1S/C21H20F3N5O3S2/c1-3-29-14-7-4-10(18(31)32)8-13(14)27-21(29,16(33-2)17(25)30)28-19-26-12-6-5-11(20(22,23)24)9-15(12)34-19/h4-9,16,27H,3H2,1-2H3,(H2,25,30)(H,26,28)(H,31,32). The summed E-state index contributed by atoms with van der Waals surface area (Å²) in [5.74, 6) is -3.10. The quantitative estimate of drug-likeness (QED) is 0.372. The number of thiazole rings is 1. The average molecular weight is 512 g/mol. The van der Waals surface area contributed by atoms with Gasteiger partial charge in [-0.3, -0.25) is 4.79 Å². The number of alkyl halides is 3. The third-order valence-corrected chi connectivity index (χ3v) is 7.47. The van der Waals surface area contributed by atoms with Crippen LogP contribution in [-0.2, 0) is 11.0 Å². The van der Waals surface area contributed by atoms with Crippen molar-refractivity contribution < 1.29 is 27.9 Å². The number of nitrogens with two attached hydrogens (primary N) is 1. The number of anilines is 3. The number of rotatable bonds is 7. The van der Waals surface area contributed by atoms with Crippen molar-refractivity contribution in [1.29, 1.82) is 0 Å². The summed E-state index contributed by atoms with van der Waals surface area (Å²) in [5.41, 5.74) is 6.47. The van der Waals surface area contributed by atoms with Crippen molar-refractivity contribution in [3.63, 3.8) is 0 Å². The number of carbonyl (C=O) groups is 2. The number of benzene rings is 2. The molecule has 0 aliphatic carbocycles. The summed E-state index contributed by atoms with van der Waals surface area (Å²) in [6.07, 6.45) is -2.79. The molecule has 1 amide bonds. The fourth-order valence-corrected chi connectivity index (χ4v) is 5.85. The van der Waals surface area contributed by atoms with Crippen LogP contribution in [0, 0.1) is 0 Å². The van der Waals surface area contributed by atoms with Gasteiger partial charge in [0.2, 0.25) is 11.7 Å². The second kappa shape index (κ2) is 8.55. The zero-order valence-corrected chi connectivity index (χ0v) is 19.6. The monoisotopic (exact) mass is 511 g/mol. The van der Waals surface area contributed by atoms with Crippen LogP contribution in [0.3, 0.4) is 0 Å². The second-order valence-electron chi connectivity index (χ2n) is 7.52. The number of fused-ring (bicyclic) bond motifs is 2. The second-order valence-corrected chi connectivity index (χ2v) is 9.49. The number of carboxylic acids is 1. The van der Waals surface area contributed by atoms with Crippen molar-refractivity contribution in [3.8, 4) is 0 Å². The molecule has 0 radical (unpaired) electrons. The molecule has 34 heavy (non-hydrogen) atoms. The molecule has 5 N–H and O–H groups in total. The van der Waals surface area contributed by atoms with E-state index in [1.54, 1.807) is 12.3 Å². The van der Waals surface area contributed by atoms with Crippen LogP contribution in [0.1, 0.15) is 22.8 Å². The Labute approximate surface area is 200 Å². The Morgan fingerprint density at radius 3 is 2.65 bits per heavy atom. The number of hydrogen-bond acceptors (Lipinski definition) is 8. The van der Waals surface area contributed by atoms with Gasteiger partial charge in [-0.1, -0.05) is 11.3 Å². The largest absolute Gasteiger partial charge is 0.478 e. The lowest BCUT2D eigenvalue weighted by Gasteiger charge is -2.43. The molecule has 0 saturated heterocycles. The molecular weight excluding hydrogens is 491 g/mol. The van der Waals surface area contributed by atoms with E-state index in [0.717, 1.165) is 23.5 Å². The van der Waals surface area contributed by atoms with Gasteiger partial charge in [0.25, 0.3) is 0 Å². The highest BCUT2D eigenvalue weighted by molar-refractivity contribution is 8.00. The number of halogens is 3. The molecule has 1 aromatic heterocycles. The molecular formula is C21H20F3N5O3S2. The van der Waals surface area contributed by atoms with Crippen molar-refractivity contribution in [2.24, 2.45) is 5.73 Å². The molecule has 180 valence electrons. The number of thioether (sulfide) groups is 1. The first-order chi connectivity index (χ1) is 16.0. The Hall–Kier alpha value is -3.19. The Balaban J connectivity index is 1.82. The van der Waals surface area contributed by atoms with Crippen molar-refractivity contribution in [2.75, 3.05) is 28.3 Å². The Morgan fingerprint density at radius 2 is 2.06 bits per heavy atom. The molecule has 3 aromatic rings. The van der Waals surface area contributed by atoms with Crippen molar-refractivity contribution >= 4 is 61.7 Å². The predicted molar refractivity (Wildman–Crippen MR) is 128 cm³/mol. The van der Waals surface area contributed by atoms with Crippen LogP contribution in [0.5, 0.6) is 0 Å². The molecule has 0 bridgehead atoms. The van der Waals surface area contributed by atoms with Crippen molar-refractivity contribution in [3.05, 3.63) is 47.5 Å². The van der Waals surface area contributed by atoms with Crippen LogP contribution in [0.4, 0.5) is 29.7 Å². The fraction of sp³-hybridized carbons (Fsp3) is 0.286. The Bertz CT molecular complexity index is 1280. The van der Waals surface area contributed by atoms with Gasteiger partial charge in [0.15, 0.2) is 5.13 Å². The zero-order valence-electron chi connectivity index (χ0n) is 17.9. The van der Waals surface area contributed by atoms with E-state index in [-0.39, 0.29) is 10.7 Å². The van der Waals surface area contributed by atoms with Gasteiger partial charge < -0.3 is 26.4 Å². The lowest BCUT2D eigenvalue weighted by molar-refractivity contribution is -0.137. The lowest BCUT2D eigenvalue weighted by Crippen LogP contribution is -2.66. The molecule has 0 fully saturated rings. The maximum Gasteiger partial charge on any atom is 0.416 e. The zero-order chi connectivity index (χ0) is 24.8. The van der Waals surface area contributed by atoms with Crippen LogP contribution >= 0.6 is 23.1 Å². The van der Waals surface area contributed by atoms with Crippen LogP contribution in [-0.4, -0.2) is 45.8 Å². The first-order valence-electron chi connectivity index (χ1n) is 10.0. The molecule has 13 heteroatoms. The number of aromatic nitrogens is 1. The third kappa shape index (κ3) is 3.98. The van der Waals surface area contributed by atoms with Gasteiger partial charge in [0, 0.05) is 6.54 Å². The van der Waals surface area contributed by atoms with Crippen LogP contribution in [0.15, 0.2) is 36.4 Å². The highest BCUT2D eigenvalue weighted by Crippen LogP contribution is 2.45. The van der Waals surface area contributed by atoms with Gasteiger partial charge in [-0.2, -0.15) is 13.2 Å². The number of nitrogens with one attached hydrogen (secondary N) is 2. The summed E-state index contributed by atoms with van der Waals surface area (Å²) < 4.78 is 39.8. The Morgan fingerprint density at radius 1 is 1.32 bits per heavy atom. The molecule has 0 spiro atoms. The maximum absolute atomic E-state index is 13.1. The van der Waals surface area contributed by atoms with Gasteiger partial charge in [-0.25, -0.2) is 9.78 Å². The van der Waals surface area contributed by atoms with E-state index in [2.05, 4.69) is 15.6 Å². The van der Waals surface area contributed by atoms with Crippen LogP contribution in [0.25, 0.3) is 10.2 Å². The number of carbonyl (C=O) groups excluding carboxylic acids is 1. The molecule has 1 aliphatic rings.